The van der Waals surface area contributed by atoms with Crippen molar-refractivity contribution < 1.29 is 13.2 Å². The lowest BCUT2D eigenvalue weighted by Gasteiger charge is -2.37. The Morgan fingerprint density at radius 1 is 1.10 bits per heavy atom. The number of rotatable bonds is 6. The minimum absolute atomic E-state index is 0.105. The minimum atomic E-state index is -3.90. The summed E-state index contributed by atoms with van der Waals surface area (Å²) in [6.45, 7) is 0.105. The molecule has 4 rings (SSSR count). The third kappa shape index (κ3) is 3.71. The van der Waals surface area contributed by atoms with Crippen LogP contribution < -0.4 is 5.73 Å². The van der Waals surface area contributed by atoms with Gasteiger partial charge in [0.05, 0.1) is 22.4 Å². The van der Waals surface area contributed by atoms with E-state index in [-0.39, 0.29) is 23.3 Å². The maximum Gasteiger partial charge on any atom is 0.243 e. The molecule has 0 saturated heterocycles. The van der Waals surface area contributed by atoms with Crippen molar-refractivity contribution in [3.8, 4) is 6.07 Å². The number of amides is 1. The lowest BCUT2D eigenvalue weighted by atomic mass is 9.84. The Balaban J connectivity index is 1.77. The number of hydrogen-bond donors (Lipinski definition) is 1. The Hall–Kier alpha value is -2.40. The first-order valence-corrected chi connectivity index (χ1v) is 11.7. The van der Waals surface area contributed by atoms with Gasteiger partial charge in [-0.05, 0) is 73.1 Å². The van der Waals surface area contributed by atoms with Crippen molar-refractivity contribution in [2.24, 2.45) is 23.5 Å². The summed E-state index contributed by atoms with van der Waals surface area (Å²) in [5.74, 6) is -0.707. The van der Waals surface area contributed by atoms with E-state index in [1.54, 1.807) is 36.4 Å². The SMILES string of the molecule is N#Cc1ccc(CN(C2C3CCC(C3)C2C(N)=O)S(=O)(=O)c2ccc(Cl)cc2)cc1. The molecule has 156 valence electrons. The maximum atomic E-state index is 13.7. The second-order valence-corrected chi connectivity index (χ2v) is 10.4. The van der Waals surface area contributed by atoms with Gasteiger partial charge in [-0.3, -0.25) is 4.79 Å². The van der Waals surface area contributed by atoms with Crippen molar-refractivity contribution in [3.05, 3.63) is 64.7 Å². The molecule has 0 aliphatic heterocycles. The lowest BCUT2D eigenvalue weighted by Crippen LogP contribution is -2.50. The maximum absolute atomic E-state index is 13.7. The van der Waals surface area contributed by atoms with Gasteiger partial charge in [-0.1, -0.05) is 23.7 Å². The molecule has 2 aromatic rings. The van der Waals surface area contributed by atoms with Gasteiger partial charge >= 0.3 is 0 Å². The molecule has 0 spiro atoms. The standard InChI is InChI=1S/C22H22ClN3O3S/c23-18-7-9-19(10-8-18)30(28,29)26(13-15-3-1-14(12-24)2-4-15)21-17-6-5-16(11-17)20(21)22(25)27/h1-4,7-10,16-17,20-21H,5-6,11,13H2,(H2,25,27). The Morgan fingerprint density at radius 3 is 2.33 bits per heavy atom. The van der Waals surface area contributed by atoms with Crippen molar-refractivity contribution >= 4 is 27.5 Å². The summed E-state index contributed by atoms with van der Waals surface area (Å²) >= 11 is 5.95. The van der Waals surface area contributed by atoms with Gasteiger partial charge in [0.15, 0.2) is 0 Å². The molecule has 2 aliphatic carbocycles. The largest absolute Gasteiger partial charge is 0.369 e. The molecule has 2 aliphatic rings. The predicted molar refractivity (Wildman–Crippen MR) is 113 cm³/mol. The fraction of sp³-hybridized carbons (Fsp3) is 0.364. The molecule has 2 saturated carbocycles. The number of carbonyl (C=O) groups excluding carboxylic acids is 1. The summed E-state index contributed by atoms with van der Waals surface area (Å²) in [5.41, 5.74) is 6.98. The van der Waals surface area contributed by atoms with E-state index in [9.17, 15) is 13.2 Å². The smallest absolute Gasteiger partial charge is 0.243 e. The zero-order valence-corrected chi connectivity index (χ0v) is 17.8. The molecule has 8 heteroatoms. The number of fused-ring (bicyclic) bond motifs is 2. The molecule has 2 N–H and O–H groups in total. The Bertz CT molecular complexity index is 1090. The Labute approximate surface area is 181 Å². The topological polar surface area (TPSA) is 104 Å². The number of benzene rings is 2. The van der Waals surface area contributed by atoms with E-state index in [0.717, 1.165) is 24.8 Å². The van der Waals surface area contributed by atoms with Gasteiger partial charge in [-0.2, -0.15) is 9.57 Å². The molecule has 4 unspecified atom stereocenters. The second kappa shape index (κ2) is 8.03. The number of sulfonamides is 1. The lowest BCUT2D eigenvalue weighted by molar-refractivity contribution is -0.125. The fourth-order valence-electron chi connectivity index (χ4n) is 5.03. The summed E-state index contributed by atoms with van der Waals surface area (Å²) < 4.78 is 28.8. The third-order valence-corrected chi connectivity index (χ3v) is 8.49. The van der Waals surface area contributed by atoms with E-state index in [2.05, 4.69) is 6.07 Å². The first-order chi connectivity index (χ1) is 14.3. The van der Waals surface area contributed by atoms with E-state index in [1.165, 1.54) is 16.4 Å². The van der Waals surface area contributed by atoms with Crippen molar-refractivity contribution in [3.63, 3.8) is 0 Å². The van der Waals surface area contributed by atoms with Gasteiger partial charge in [0.25, 0.3) is 0 Å². The average Bonchev–Trinajstić information content (AvgIpc) is 3.34. The number of nitrogens with zero attached hydrogens (tertiary/aromatic N) is 2. The summed E-state index contributed by atoms with van der Waals surface area (Å²) in [6, 6.07) is 14.5. The summed E-state index contributed by atoms with van der Waals surface area (Å²) in [6.07, 6.45) is 2.61. The van der Waals surface area contributed by atoms with E-state index in [4.69, 9.17) is 22.6 Å². The van der Waals surface area contributed by atoms with Gasteiger partial charge in [0, 0.05) is 17.6 Å². The fourth-order valence-corrected chi connectivity index (χ4v) is 6.85. The van der Waals surface area contributed by atoms with Gasteiger partial charge in [0.1, 0.15) is 0 Å². The average molecular weight is 444 g/mol. The highest BCUT2D eigenvalue weighted by Crippen LogP contribution is 2.51. The van der Waals surface area contributed by atoms with E-state index in [1.807, 2.05) is 0 Å². The highest BCUT2D eigenvalue weighted by Gasteiger charge is 2.54. The number of halogens is 1. The molecular weight excluding hydrogens is 422 g/mol. The summed E-state index contributed by atoms with van der Waals surface area (Å²) in [4.78, 5) is 12.4. The van der Waals surface area contributed by atoms with Crippen molar-refractivity contribution in [2.45, 2.75) is 36.7 Å². The highest BCUT2D eigenvalue weighted by atomic mass is 35.5. The minimum Gasteiger partial charge on any atom is -0.369 e. The van der Waals surface area contributed by atoms with Gasteiger partial charge in [0.2, 0.25) is 15.9 Å². The van der Waals surface area contributed by atoms with Crippen molar-refractivity contribution in [1.82, 2.24) is 4.31 Å². The van der Waals surface area contributed by atoms with Gasteiger partial charge < -0.3 is 5.73 Å². The van der Waals surface area contributed by atoms with Crippen LogP contribution in [0.25, 0.3) is 0 Å². The van der Waals surface area contributed by atoms with Crippen LogP contribution in [0, 0.1) is 29.1 Å². The summed E-state index contributed by atoms with van der Waals surface area (Å²) in [7, 11) is -3.90. The predicted octanol–water partition coefficient (Wildman–Crippen LogP) is 3.30. The van der Waals surface area contributed by atoms with E-state index < -0.39 is 27.9 Å². The first-order valence-electron chi connectivity index (χ1n) is 9.87. The van der Waals surface area contributed by atoms with E-state index >= 15 is 0 Å². The van der Waals surface area contributed by atoms with Crippen molar-refractivity contribution in [2.75, 3.05) is 0 Å². The summed E-state index contributed by atoms with van der Waals surface area (Å²) in [5, 5.41) is 9.48. The van der Waals surface area contributed by atoms with Crippen molar-refractivity contribution in [1.29, 1.82) is 5.26 Å². The van der Waals surface area contributed by atoms with Gasteiger partial charge in [-0.25, -0.2) is 8.42 Å². The molecule has 0 heterocycles. The van der Waals surface area contributed by atoms with Gasteiger partial charge in [-0.15, -0.1) is 0 Å². The van der Waals surface area contributed by atoms with Crippen LogP contribution in [0.3, 0.4) is 0 Å². The Kier molecular flexibility index (Phi) is 5.58. The quantitative estimate of drug-likeness (QED) is 0.739. The van der Waals surface area contributed by atoms with Crippen LogP contribution in [-0.4, -0.2) is 24.7 Å². The molecule has 4 atom stereocenters. The number of nitrogens with two attached hydrogens (primary N) is 1. The van der Waals surface area contributed by atoms with E-state index in [0.29, 0.717) is 10.6 Å². The molecule has 2 bridgehead atoms. The van der Waals surface area contributed by atoms with Crippen LogP contribution >= 0.6 is 11.6 Å². The zero-order valence-electron chi connectivity index (χ0n) is 16.2. The molecule has 2 aromatic carbocycles. The first kappa shape index (κ1) is 20.9. The molecule has 30 heavy (non-hydrogen) atoms. The monoisotopic (exact) mass is 443 g/mol. The van der Waals surface area contributed by atoms with Crippen LogP contribution in [0.2, 0.25) is 5.02 Å². The number of primary amides is 1. The second-order valence-electron chi connectivity index (χ2n) is 8.06. The van der Waals surface area contributed by atoms with Crippen LogP contribution in [0.15, 0.2) is 53.4 Å². The zero-order chi connectivity index (χ0) is 21.5. The number of hydrogen-bond acceptors (Lipinski definition) is 4. The third-order valence-electron chi connectivity index (χ3n) is 6.38. The van der Waals surface area contributed by atoms with Crippen LogP contribution in [0.5, 0.6) is 0 Å². The van der Waals surface area contributed by atoms with Crippen LogP contribution in [0.4, 0.5) is 0 Å². The molecular formula is C22H22ClN3O3S. The molecule has 0 aromatic heterocycles. The highest BCUT2D eigenvalue weighted by molar-refractivity contribution is 7.89. The van der Waals surface area contributed by atoms with Crippen LogP contribution in [0.1, 0.15) is 30.4 Å². The number of carbonyl (C=O) groups is 1. The number of nitriles is 1. The molecule has 2 fully saturated rings. The Morgan fingerprint density at radius 2 is 1.73 bits per heavy atom. The molecule has 6 nitrogen and oxygen atoms in total. The normalized spacial score (nSPS) is 25.4. The molecule has 0 radical (unpaired) electrons. The van der Waals surface area contributed by atoms with Crippen LogP contribution in [-0.2, 0) is 21.4 Å². The molecule has 1 amide bonds.